The molecule has 0 aliphatic carbocycles. The van der Waals surface area contributed by atoms with Crippen molar-refractivity contribution in [1.29, 1.82) is 0 Å². The molecule has 0 spiro atoms. The molecule has 0 saturated carbocycles. The average Bonchev–Trinajstić information content (AvgIpc) is 2.62. The van der Waals surface area contributed by atoms with Crippen molar-refractivity contribution in [3.63, 3.8) is 0 Å². The minimum Gasteiger partial charge on any atom is -0.485 e. The number of nitrogens with zero attached hydrogens (tertiary/aromatic N) is 2. The van der Waals surface area contributed by atoms with E-state index in [1.807, 2.05) is 69.4 Å². The van der Waals surface area contributed by atoms with Crippen LogP contribution in [-0.2, 0) is 0 Å². The second-order valence-electron chi connectivity index (χ2n) is 6.73. The van der Waals surface area contributed by atoms with Crippen LogP contribution in [0.1, 0.15) is 39.5 Å². The van der Waals surface area contributed by atoms with E-state index in [0.29, 0.717) is 5.56 Å². The predicted molar refractivity (Wildman–Crippen MR) is 108 cm³/mol. The number of ether oxygens (including phenoxy) is 1. The lowest BCUT2D eigenvalue weighted by Crippen LogP contribution is -2.14. The maximum atomic E-state index is 12.6. The Morgan fingerprint density at radius 1 is 1.04 bits per heavy atom. The lowest BCUT2D eigenvalue weighted by Gasteiger charge is -2.12. The van der Waals surface area contributed by atoms with Crippen LogP contribution in [0.3, 0.4) is 0 Å². The number of rotatable bonds is 7. The van der Waals surface area contributed by atoms with E-state index in [-0.39, 0.29) is 12.4 Å². The molecule has 0 saturated heterocycles. The number of aryl methyl sites for hydroxylation is 4. The summed E-state index contributed by atoms with van der Waals surface area (Å²) in [6.07, 6.45) is 1.81. The number of hydrogen-bond donors (Lipinski definition) is 0. The van der Waals surface area contributed by atoms with Crippen LogP contribution >= 0.6 is 0 Å². The SMILES string of the molecule is CCN(C)C=Nc1cc(C)c(C(=O)COc2ccc(C)c(C)c2)cc1C. The van der Waals surface area contributed by atoms with Gasteiger partial charge in [0.25, 0.3) is 0 Å². The highest BCUT2D eigenvalue weighted by atomic mass is 16.5. The molecule has 0 N–H and O–H groups in total. The van der Waals surface area contributed by atoms with E-state index in [4.69, 9.17) is 4.74 Å². The molecule has 0 fully saturated rings. The van der Waals surface area contributed by atoms with Crippen LogP contribution in [0.4, 0.5) is 5.69 Å². The third-order valence-corrected chi connectivity index (χ3v) is 4.58. The smallest absolute Gasteiger partial charge is 0.200 e. The Morgan fingerprint density at radius 3 is 2.42 bits per heavy atom. The third-order valence-electron chi connectivity index (χ3n) is 4.58. The van der Waals surface area contributed by atoms with Gasteiger partial charge in [-0.3, -0.25) is 4.79 Å². The van der Waals surface area contributed by atoms with Gasteiger partial charge < -0.3 is 9.64 Å². The molecular weight excluding hydrogens is 324 g/mol. The Labute approximate surface area is 156 Å². The molecule has 0 aromatic heterocycles. The van der Waals surface area contributed by atoms with Crippen molar-refractivity contribution in [2.75, 3.05) is 20.2 Å². The van der Waals surface area contributed by atoms with Gasteiger partial charge in [0.1, 0.15) is 5.75 Å². The van der Waals surface area contributed by atoms with Gasteiger partial charge in [-0.2, -0.15) is 0 Å². The maximum absolute atomic E-state index is 12.6. The first-order valence-electron chi connectivity index (χ1n) is 8.90. The molecule has 2 rings (SSSR count). The van der Waals surface area contributed by atoms with Gasteiger partial charge in [0.2, 0.25) is 0 Å². The molecule has 4 nitrogen and oxygen atoms in total. The van der Waals surface area contributed by atoms with Crippen molar-refractivity contribution in [3.05, 3.63) is 58.1 Å². The fraction of sp³-hybridized carbons (Fsp3) is 0.364. The molecule has 0 amide bonds. The number of Topliss-reactive ketones (excluding diaryl/α,β-unsaturated/α-hetero) is 1. The Balaban J connectivity index is 2.12. The summed E-state index contributed by atoms with van der Waals surface area (Å²) in [5.74, 6) is 0.699. The van der Waals surface area contributed by atoms with Gasteiger partial charge in [-0.25, -0.2) is 4.99 Å². The minimum atomic E-state index is -0.0231. The summed E-state index contributed by atoms with van der Waals surface area (Å²) in [4.78, 5) is 19.1. The summed E-state index contributed by atoms with van der Waals surface area (Å²) < 4.78 is 5.69. The molecule has 138 valence electrons. The summed E-state index contributed by atoms with van der Waals surface area (Å²) in [6.45, 7) is 11.0. The van der Waals surface area contributed by atoms with E-state index < -0.39 is 0 Å². The summed E-state index contributed by atoms with van der Waals surface area (Å²) in [6, 6.07) is 9.72. The van der Waals surface area contributed by atoms with Crippen LogP contribution in [0.2, 0.25) is 0 Å². The van der Waals surface area contributed by atoms with Crippen LogP contribution in [-0.4, -0.2) is 37.2 Å². The molecule has 0 bridgehead atoms. The van der Waals surface area contributed by atoms with Crippen LogP contribution in [0.5, 0.6) is 5.75 Å². The van der Waals surface area contributed by atoms with Crippen molar-refractivity contribution in [2.45, 2.75) is 34.6 Å². The number of carbonyl (C=O) groups excluding carboxylic acids is 1. The van der Waals surface area contributed by atoms with Crippen LogP contribution in [0.15, 0.2) is 35.3 Å². The van der Waals surface area contributed by atoms with E-state index in [0.717, 1.165) is 34.7 Å². The second kappa shape index (κ2) is 8.65. The quantitative estimate of drug-likeness (QED) is 0.408. The molecule has 0 aliphatic heterocycles. The van der Waals surface area contributed by atoms with E-state index in [9.17, 15) is 4.79 Å². The van der Waals surface area contributed by atoms with Crippen LogP contribution in [0.25, 0.3) is 0 Å². The van der Waals surface area contributed by atoms with Gasteiger partial charge >= 0.3 is 0 Å². The number of hydrogen-bond acceptors (Lipinski definition) is 3. The van der Waals surface area contributed by atoms with Crippen molar-refractivity contribution < 1.29 is 9.53 Å². The fourth-order valence-electron chi connectivity index (χ4n) is 2.51. The van der Waals surface area contributed by atoms with E-state index in [2.05, 4.69) is 18.8 Å². The van der Waals surface area contributed by atoms with Crippen molar-refractivity contribution in [2.24, 2.45) is 4.99 Å². The Bertz CT molecular complexity index is 825. The van der Waals surface area contributed by atoms with Gasteiger partial charge in [-0.15, -0.1) is 0 Å². The Morgan fingerprint density at radius 2 is 1.77 bits per heavy atom. The zero-order valence-corrected chi connectivity index (χ0v) is 16.6. The van der Waals surface area contributed by atoms with Gasteiger partial charge in [0.15, 0.2) is 12.4 Å². The van der Waals surface area contributed by atoms with Crippen molar-refractivity contribution >= 4 is 17.8 Å². The largest absolute Gasteiger partial charge is 0.485 e. The minimum absolute atomic E-state index is 0.0231. The fourth-order valence-corrected chi connectivity index (χ4v) is 2.51. The van der Waals surface area contributed by atoms with Gasteiger partial charge in [-0.05, 0) is 81.1 Å². The number of ketones is 1. The highest BCUT2D eigenvalue weighted by molar-refractivity contribution is 5.99. The highest BCUT2D eigenvalue weighted by Crippen LogP contribution is 2.24. The monoisotopic (exact) mass is 352 g/mol. The molecular formula is C22H28N2O2. The van der Waals surface area contributed by atoms with Crippen LogP contribution < -0.4 is 4.74 Å². The topological polar surface area (TPSA) is 41.9 Å². The standard InChI is InChI=1S/C22H28N2O2/c1-7-24(6)14-23-21-12-17(4)20(11-18(21)5)22(25)13-26-19-9-8-15(2)16(3)10-19/h8-12,14H,7,13H2,1-6H3. The third kappa shape index (κ3) is 4.94. The van der Waals surface area contributed by atoms with Crippen molar-refractivity contribution in [3.8, 4) is 5.75 Å². The summed E-state index contributed by atoms with van der Waals surface area (Å²) in [5.41, 5.74) is 5.83. The first kappa shape index (κ1) is 19.7. The average molecular weight is 352 g/mol. The number of carbonyl (C=O) groups is 1. The highest BCUT2D eigenvalue weighted by Gasteiger charge is 2.13. The lowest BCUT2D eigenvalue weighted by atomic mass is 10.0. The molecule has 0 heterocycles. The molecule has 4 heteroatoms. The Hall–Kier alpha value is -2.62. The van der Waals surface area contributed by atoms with Crippen molar-refractivity contribution in [1.82, 2.24) is 4.90 Å². The maximum Gasteiger partial charge on any atom is 0.200 e. The summed E-state index contributed by atoms with van der Waals surface area (Å²) >= 11 is 0. The van der Waals surface area contributed by atoms with E-state index in [1.54, 1.807) is 0 Å². The molecule has 26 heavy (non-hydrogen) atoms. The molecule has 0 unspecified atom stereocenters. The summed E-state index contributed by atoms with van der Waals surface area (Å²) in [5, 5.41) is 0. The first-order valence-corrected chi connectivity index (χ1v) is 8.90. The molecule has 0 atom stereocenters. The zero-order valence-electron chi connectivity index (χ0n) is 16.6. The van der Waals surface area contributed by atoms with Gasteiger partial charge in [0, 0.05) is 19.2 Å². The molecule has 0 aliphatic rings. The Kier molecular flexibility index (Phi) is 6.56. The van der Waals surface area contributed by atoms with Gasteiger partial charge in [0.05, 0.1) is 12.0 Å². The zero-order chi connectivity index (χ0) is 19.3. The molecule has 0 radical (unpaired) electrons. The van der Waals surface area contributed by atoms with Crippen LogP contribution in [0, 0.1) is 27.7 Å². The normalized spacial score (nSPS) is 11.0. The van der Waals surface area contributed by atoms with Gasteiger partial charge in [-0.1, -0.05) is 6.07 Å². The summed E-state index contributed by atoms with van der Waals surface area (Å²) in [7, 11) is 1.98. The number of aliphatic imine (C=N–C) groups is 1. The predicted octanol–water partition coefficient (Wildman–Crippen LogP) is 4.79. The lowest BCUT2D eigenvalue weighted by molar-refractivity contribution is 0.0921. The number of benzene rings is 2. The molecule has 2 aromatic carbocycles. The van der Waals surface area contributed by atoms with E-state index in [1.165, 1.54) is 5.56 Å². The first-order chi connectivity index (χ1) is 12.3. The molecule has 2 aromatic rings. The second-order valence-corrected chi connectivity index (χ2v) is 6.73. The van der Waals surface area contributed by atoms with E-state index >= 15 is 0 Å².